The van der Waals surface area contributed by atoms with Crippen LogP contribution in [0.4, 0.5) is 0 Å². The number of halogens is 1. The first-order valence-electron chi connectivity index (χ1n) is 10.6. The molecule has 2 atom stereocenters. The summed E-state index contributed by atoms with van der Waals surface area (Å²) in [4.78, 5) is 11.1. The van der Waals surface area contributed by atoms with Crippen LogP contribution in [0.5, 0.6) is 5.75 Å². The van der Waals surface area contributed by atoms with Gasteiger partial charge in [0.05, 0.1) is 15.9 Å². The van der Waals surface area contributed by atoms with Crippen molar-refractivity contribution in [2.75, 3.05) is 13.1 Å². The molecule has 0 saturated carbocycles. The van der Waals surface area contributed by atoms with E-state index in [1.807, 2.05) is 6.07 Å². The van der Waals surface area contributed by atoms with Crippen LogP contribution in [-0.4, -0.2) is 43.8 Å². The van der Waals surface area contributed by atoms with Crippen LogP contribution in [0, 0.1) is 0 Å². The monoisotopic (exact) mass is 503 g/mol. The largest absolute Gasteiger partial charge is 0.479 e. The standard InChI is InChI=1S/C25H26ClNO6S/c1-17(25(29)30)33-21-7-11-23(12-8-21)34(31,32)22-9-5-18(6-10-22)13-14-27-16-24(28)19-3-2-4-20(26)15-19/h2-12,15,17,24,27-28H,13-14,16H2,1H3,(H,29,30)/t17-,24+/m1/s1. The number of carboxylic acids is 1. The molecule has 0 aliphatic rings. The number of aliphatic hydroxyl groups excluding tert-OH is 1. The topological polar surface area (TPSA) is 113 Å². The number of sulfone groups is 1. The van der Waals surface area contributed by atoms with Crippen LogP contribution in [0.1, 0.15) is 24.2 Å². The van der Waals surface area contributed by atoms with E-state index in [4.69, 9.17) is 21.4 Å². The molecule has 0 unspecified atom stereocenters. The summed E-state index contributed by atoms with van der Waals surface area (Å²) in [5, 5.41) is 22.9. The summed E-state index contributed by atoms with van der Waals surface area (Å²) < 4.78 is 31.0. The molecule has 3 aromatic carbocycles. The highest BCUT2D eigenvalue weighted by molar-refractivity contribution is 7.91. The van der Waals surface area contributed by atoms with Gasteiger partial charge < -0.3 is 20.3 Å². The van der Waals surface area contributed by atoms with Gasteiger partial charge in [-0.3, -0.25) is 0 Å². The van der Waals surface area contributed by atoms with Crippen molar-refractivity contribution in [2.45, 2.75) is 35.3 Å². The van der Waals surface area contributed by atoms with Gasteiger partial charge in [0.1, 0.15) is 5.75 Å². The number of carbonyl (C=O) groups is 1. The fourth-order valence-corrected chi connectivity index (χ4v) is 4.69. The van der Waals surface area contributed by atoms with Crippen LogP contribution in [0.25, 0.3) is 0 Å². The molecule has 0 heterocycles. The van der Waals surface area contributed by atoms with Gasteiger partial charge in [-0.15, -0.1) is 0 Å². The molecule has 3 aromatic rings. The second-order valence-corrected chi connectivity index (χ2v) is 10.1. The zero-order chi connectivity index (χ0) is 24.7. The molecule has 0 bridgehead atoms. The van der Waals surface area contributed by atoms with Crippen LogP contribution >= 0.6 is 11.6 Å². The van der Waals surface area contributed by atoms with Gasteiger partial charge >= 0.3 is 5.97 Å². The lowest BCUT2D eigenvalue weighted by Gasteiger charge is -2.13. The van der Waals surface area contributed by atoms with E-state index in [0.29, 0.717) is 24.5 Å². The maximum Gasteiger partial charge on any atom is 0.344 e. The smallest absolute Gasteiger partial charge is 0.344 e. The van der Waals surface area contributed by atoms with Gasteiger partial charge in [0.15, 0.2) is 6.10 Å². The van der Waals surface area contributed by atoms with Gasteiger partial charge in [-0.1, -0.05) is 35.9 Å². The van der Waals surface area contributed by atoms with Gasteiger partial charge in [-0.25, -0.2) is 13.2 Å². The Labute approximate surface area is 203 Å². The Bertz CT molecular complexity index is 1210. The highest BCUT2D eigenvalue weighted by Crippen LogP contribution is 2.24. The maximum atomic E-state index is 12.9. The number of rotatable bonds is 11. The Balaban J connectivity index is 1.54. The predicted molar refractivity (Wildman–Crippen MR) is 129 cm³/mol. The van der Waals surface area contributed by atoms with E-state index >= 15 is 0 Å². The van der Waals surface area contributed by atoms with E-state index in [0.717, 1.165) is 11.1 Å². The summed E-state index contributed by atoms with van der Waals surface area (Å²) in [5.74, 6) is -0.832. The Hall–Kier alpha value is -2.91. The quantitative estimate of drug-likeness (QED) is 0.340. The molecule has 0 amide bonds. The molecule has 0 spiro atoms. The summed E-state index contributed by atoms with van der Waals surface area (Å²) in [6.07, 6.45) is -1.05. The second-order valence-electron chi connectivity index (χ2n) is 7.74. The second kappa shape index (κ2) is 11.5. The van der Waals surface area contributed by atoms with Crippen molar-refractivity contribution in [3.63, 3.8) is 0 Å². The fraction of sp³-hybridized carbons (Fsp3) is 0.240. The summed E-state index contributed by atoms with van der Waals surface area (Å²) in [5.41, 5.74) is 1.70. The number of ether oxygens (including phenoxy) is 1. The minimum absolute atomic E-state index is 0.0900. The molecule has 0 saturated heterocycles. The lowest BCUT2D eigenvalue weighted by molar-refractivity contribution is -0.144. The molecule has 3 N–H and O–H groups in total. The molecule has 180 valence electrons. The number of aliphatic hydroxyl groups is 1. The van der Waals surface area contributed by atoms with Crippen LogP contribution in [-0.2, 0) is 21.1 Å². The van der Waals surface area contributed by atoms with E-state index in [9.17, 15) is 18.3 Å². The normalized spacial score (nSPS) is 13.3. The SMILES string of the molecule is C[C@@H](Oc1ccc(S(=O)(=O)c2ccc(CCNC[C@H](O)c3cccc(Cl)c3)cc2)cc1)C(=O)O. The van der Waals surface area contributed by atoms with Crippen LogP contribution < -0.4 is 10.1 Å². The number of benzene rings is 3. The van der Waals surface area contributed by atoms with Crippen molar-refractivity contribution in [3.05, 3.63) is 88.9 Å². The Kier molecular flexibility index (Phi) is 8.68. The third-order valence-corrected chi connectivity index (χ3v) is 7.21. The van der Waals surface area contributed by atoms with Crippen molar-refractivity contribution < 1.29 is 28.2 Å². The van der Waals surface area contributed by atoms with Crippen molar-refractivity contribution in [1.29, 1.82) is 0 Å². The van der Waals surface area contributed by atoms with Crippen molar-refractivity contribution in [3.8, 4) is 5.75 Å². The van der Waals surface area contributed by atoms with Gasteiger partial charge in [0.2, 0.25) is 9.84 Å². The molecule has 0 aromatic heterocycles. The molecule has 0 aliphatic heterocycles. The molecule has 9 heteroatoms. The van der Waals surface area contributed by atoms with Gasteiger partial charge in [-0.2, -0.15) is 0 Å². The Morgan fingerprint density at radius 3 is 2.24 bits per heavy atom. The Morgan fingerprint density at radius 1 is 1.03 bits per heavy atom. The molecular formula is C25H26ClNO6S. The third kappa shape index (κ3) is 6.80. The summed E-state index contributed by atoms with van der Waals surface area (Å²) in [6.45, 7) is 2.38. The highest BCUT2D eigenvalue weighted by Gasteiger charge is 2.18. The minimum atomic E-state index is -3.72. The predicted octanol–water partition coefficient (Wildman–Crippen LogP) is 3.89. The molecule has 7 nitrogen and oxygen atoms in total. The van der Waals surface area contributed by atoms with Crippen molar-refractivity contribution in [1.82, 2.24) is 5.32 Å². The van der Waals surface area contributed by atoms with Gasteiger partial charge in [0, 0.05) is 11.6 Å². The van der Waals surface area contributed by atoms with E-state index < -0.39 is 28.0 Å². The molecular weight excluding hydrogens is 478 g/mol. The van der Waals surface area contributed by atoms with Crippen LogP contribution in [0.3, 0.4) is 0 Å². The first-order chi connectivity index (χ1) is 16.2. The average molecular weight is 504 g/mol. The number of hydrogen-bond donors (Lipinski definition) is 3. The zero-order valence-corrected chi connectivity index (χ0v) is 20.1. The van der Waals surface area contributed by atoms with E-state index in [1.54, 1.807) is 42.5 Å². The zero-order valence-electron chi connectivity index (χ0n) is 18.5. The summed E-state index contributed by atoms with van der Waals surface area (Å²) in [7, 11) is -3.72. The lowest BCUT2D eigenvalue weighted by Crippen LogP contribution is -2.23. The molecule has 0 aliphatic carbocycles. The van der Waals surface area contributed by atoms with Crippen LogP contribution in [0.2, 0.25) is 5.02 Å². The first-order valence-corrected chi connectivity index (χ1v) is 12.5. The third-order valence-electron chi connectivity index (χ3n) is 5.19. The maximum absolute atomic E-state index is 12.9. The van der Waals surface area contributed by atoms with Crippen LogP contribution in [0.15, 0.2) is 82.6 Å². The van der Waals surface area contributed by atoms with Crippen molar-refractivity contribution in [2.24, 2.45) is 0 Å². The summed E-state index contributed by atoms with van der Waals surface area (Å²) in [6, 6.07) is 19.4. The van der Waals surface area contributed by atoms with Gasteiger partial charge in [-0.05, 0) is 79.5 Å². The average Bonchev–Trinajstić information content (AvgIpc) is 2.82. The fourth-order valence-electron chi connectivity index (χ4n) is 3.23. The minimum Gasteiger partial charge on any atom is -0.479 e. The summed E-state index contributed by atoms with van der Waals surface area (Å²) >= 11 is 5.95. The number of carboxylic acid groups (broad SMARTS) is 1. The van der Waals surface area contributed by atoms with E-state index in [-0.39, 0.29) is 15.5 Å². The number of nitrogens with one attached hydrogen (secondary N) is 1. The Morgan fingerprint density at radius 2 is 1.65 bits per heavy atom. The first kappa shape index (κ1) is 25.7. The van der Waals surface area contributed by atoms with Gasteiger partial charge in [0.25, 0.3) is 0 Å². The lowest BCUT2D eigenvalue weighted by atomic mass is 10.1. The van der Waals surface area contributed by atoms with E-state index in [2.05, 4.69) is 5.32 Å². The molecule has 0 radical (unpaired) electrons. The molecule has 34 heavy (non-hydrogen) atoms. The van der Waals surface area contributed by atoms with Crippen molar-refractivity contribution >= 4 is 27.4 Å². The molecule has 3 rings (SSSR count). The van der Waals surface area contributed by atoms with E-state index in [1.165, 1.54) is 31.2 Å². The number of hydrogen-bond acceptors (Lipinski definition) is 6. The molecule has 0 fully saturated rings. The number of aliphatic carboxylic acids is 1. The highest BCUT2D eigenvalue weighted by atomic mass is 35.5.